The van der Waals surface area contributed by atoms with Crippen LogP contribution >= 0.6 is 0 Å². The maximum atomic E-state index is 11.7. The minimum atomic E-state index is -0.742. The molecule has 0 spiro atoms. The third-order valence-corrected chi connectivity index (χ3v) is 4.97. The van der Waals surface area contributed by atoms with E-state index in [0.717, 1.165) is 19.3 Å². The van der Waals surface area contributed by atoms with Gasteiger partial charge in [-0.15, -0.1) is 0 Å². The topological polar surface area (TPSA) is 58.6 Å². The lowest BCUT2D eigenvalue weighted by Gasteiger charge is -2.30. The summed E-state index contributed by atoms with van der Waals surface area (Å²) < 4.78 is 5.98. The molecule has 21 heavy (non-hydrogen) atoms. The summed E-state index contributed by atoms with van der Waals surface area (Å²) in [5, 5.41) is 12.9. The smallest absolute Gasteiger partial charge is 0.323 e. The maximum absolute atomic E-state index is 11.7. The molecule has 2 fully saturated rings. The van der Waals surface area contributed by atoms with Crippen LogP contribution in [-0.2, 0) is 9.53 Å². The Balaban J connectivity index is 1.71. The van der Waals surface area contributed by atoms with Gasteiger partial charge in [-0.2, -0.15) is 0 Å². The number of carbonyl (C=O) groups is 1. The van der Waals surface area contributed by atoms with Crippen molar-refractivity contribution in [1.82, 2.24) is 5.32 Å². The van der Waals surface area contributed by atoms with Crippen molar-refractivity contribution < 1.29 is 14.6 Å². The summed E-state index contributed by atoms with van der Waals surface area (Å²) in [4.78, 5) is 11.7. The normalized spacial score (nSPS) is 23.5. The number of hydrogen-bond donors (Lipinski definition) is 2. The lowest BCUT2D eigenvalue weighted by atomic mass is 9.90. The molecule has 2 aliphatic carbocycles. The van der Waals surface area contributed by atoms with E-state index < -0.39 is 11.5 Å². The number of aliphatic carboxylic acids is 1. The molecule has 2 aliphatic rings. The van der Waals surface area contributed by atoms with Crippen LogP contribution < -0.4 is 5.32 Å². The van der Waals surface area contributed by atoms with Crippen LogP contribution in [0.3, 0.4) is 0 Å². The Morgan fingerprint density at radius 3 is 2.38 bits per heavy atom. The first kappa shape index (κ1) is 16.8. The number of hydrogen-bond acceptors (Lipinski definition) is 3. The Morgan fingerprint density at radius 1 is 1.19 bits per heavy atom. The van der Waals surface area contributed by atoms with Crippen molar-refractivity contribution in [3.05, 3.63) is 0 Å². The standard InChI is InChI=1S/C17H31NO3/c1-2-17(16(19)20,18-14-10-11-14)12-7-13-21-15-8-5-3-4-6-9-15/h14-15,18H,2-13H2,1H3,(H,19,20). The predicted molar refractivity (Wildman–Crippen MR) is 83.5 cm³/mol. The first-order valence-corrected chi connectivity index (χ1v) is 8.79. The van der Waals surface area contributed by atoms with Crippen molar-refractivity contribution in [3.63, 3.8) is 0 Å². The molecule has 2 rings (SSSR count). The van der Waals surface area contributed by atoms with E-state index in [1.165, 1.54) is 38.5 Å². The van der Waals surface area contributed by atoms with Crippen LogP contribution in [0.1, 0.15) is 77.6 Å². The zero-order valence-corrected chi connectivity index (χ0v) is 13.4. The molecular formula is C17H31NO3. The first-order chi connectivity index (χ1) is 10.2. The average Bonchev–Trinajstić information content (AvgIpc) is 3.29. The summed E-state index contributed by atoms with van der Waals surface area (Å²) in [7, 11) is 0. The van der Waals surface area contributed by atoms with Gasteiger partial charge in [-0.25, -0.2) is 0 Å². The number of nitrogens with one attached hydrogen (secondary N) is 1. The van der Waals surface area contributed by atoms with Crippen LogP contribution in [0.15, 0.2) is 0 Å². The Hall–Kier alpha value is -0.610. The molecule has 0 bridgehead atoms. The van der Waals surface area contributed by atoms with Gasteiger partial charge in [0.05, 0.1) is 6.10 Å². The summed E-state index contributed by atoms with van der Waals surface area (Å²) >= 11 is 0. The second-order valence-corrected chi connectivity index (χ2v) is 6.75. The zero-order chi connectivity index (χ0) is 15.1. The summed E-state index contributed by atoms with van der Waals surface area (Å²) in [6.45, 7) is 2.67. The van der Waals surface area contributed by atoms with E-state index in [2.05, 4.69) is 5.32 Å². The van der Waals surface area contributed by atoms with Gasteiger partial charge in [0.25, 0.3) is 0 Å². The molecule has 2 saturated carbocycles. The molecule has 0 saturated heterocycles. The average molecular weight is 297 g/mol. The van der Waals surface area contributed by atoms with Crippen molar-refractivity contribution in [3.8, 4) is 0 Å². The number of carboxylic acid groups (broad SMARTS) is 1. The van der Waals surface area contributed by atoms with Gasteiger partial charge < -0.3 is 9.84 Å². The van der Waals surface area contributed by atoms with Gasteiger partial charge in [-0.05, 0) is 44.9 Å². The van der Waals surface area contributed by atoms with Crippen LogP contribution in [0, 0.1) is 0 Å². The van der Waals surface area contributed by atoms with Gasteiger partial charge in [0, 0.05) is 12.6 Å². The van der Waals surface area contributed by atoms with E-state index in [9.17, 15) is 9.90 Å². The van der Waals surface area contributed by atoms with Crippen molar-refractivity contribution in [2.24, 2.45) is 0 Å². The molecule has 1 unspecified atom stereocenters. The van der Waals surface area contributed by atoms with E-state index in [1.54, 1.807) is 0 Å². The fourth-order valence-electron chi connectivity index (χ4n) is 3.32. The molecule has 0 aromatic heterocycles. The van der Waals surface area contributed by atoms with Crippen LogP contribution in [-0.4, -0.2) is 35.4 Å². The summed E-state index contributed by atoms with van der Waals surface area (Å²) in [5.74, 6) is -0.702. The Morgan fingerprint density at radius 2 is 1.86 bits per heavy atom. The third kappa shape index (κ3) is 5.26. The van der Waals surface area contributed by atoms with Crippen LogP contribution in [0.2, 0.25) is 0 Å². The van der Waals surface area contributed by atoms with E-state index in [-0.39, 0.29) is 0 Å². The molecule has 122 valence electrons. The highest BCUT2D eigenvalue weighted by atomic mass is 16.5. The number of carboxylic acids is 1. The molecule has 0 radical (unpaired) electrons. The maximum Gasteiger partial charge on any atom is 0.323 e. The third-order valence-electron chi connectivity index (χ3n) is 4.97. The highest BCUT2D eigenvalue weighted by Crippen LogP contribution is 2.27. The Labute approximate surface area is 128 Å². The van der Waals surface area contributed by atoms with Crippen molar-refractivity contribution >= 4 is 5.97 Å². The highest BCUT2D eigenvalue weighted by Gasteiger charge is 2.40. The summed E-state index contributed by atoms with van der Waals surface area (Å²) in [6, 6.07) is 0.420. The molecule has 0 amide bonds. The van der Waals surface area contributed by atoms with Crippen molar-refractivity contribution in [1.29, 1.82) is 0 Å². The van der Waals surface area contributed by atoms with Crippen molar-refractivity contribution in [2.75, 3.05) is 6.61 Å². The highest BCUT2D eigenvalue weighted by molar-refractivity contribution is 5.78. The second kappa shape index (κ2) is 8.14. The molecule has 0 aromatic rings. The van der Waals surface area contributed by atoms with E-state index in [1.807, 2.05) is 6.92 Å². The quantitative estimate of drug-likeness (QED) is 0.505. The molecule has 1 atom stereocenters. The fraction of sp³-hybridized carbons (Fsp3) is 0.941. The number of rotatable bonds is 9. The Bertz CT molecular complexity index is 322. The minimum Gasteiger partial charge on any atom is -0.480 e. The van der Waals surface area contributed by atoms with Crippen LogP contribution in [0.5, 0.6) is 0 Å². The van der Waals surface area contributed by atoms with Gasteiger partial charge in [-0.3, -0.25) is 10.1 Å². The lowest BCUT2D eigenvalue weighted by molar-refractivity contribution is -0.145. The van der Waals surface area contributed by atoms with Crippen molar-refractivity contribution in [2.45, 2.75) is 95.2 Å². The van der Waals surface area contributed by atoms with Gasteiger partial charge in [0.1, 0.15) is 5.54 Å². The van der Waals surface area contributed by atoms with Gasteiger partial charge in [-0.1, -0.05) is 32.6 Å². The van der Waals surface area contributed by atoms with Gasteiger partial charge in [0.15, 0.2) is 0 Å². The molecule has 4 heteroatoms. The summed E-state index contributed by atoms with van der Waals surface area (Å²) in [5.41, 5.74) is -0.742. The summed E-state index contributed by atoms with van der Waals surface area (Å²) in [6.07, 6.45) is 12.4. The second-order valence-electron chi connectivity index (χ2n) is 6.75. The van der Waals surface area contributed by atoms with E-state index in [4.69, 9.17) is 4.74 Å². The van der Waals surface area contributed by atoms with E-state index in [0.29, 0.717) is 31.6 Å². The molecule has 0 heterocycles. The predicted octanol–water partition coefficient (Wildman–Crippen LogP) is 3.49. The largest absolute Gasteiger partial charge is 0.480 e. The fourth-order valence-corrected chi connectivity index (χ4v) is 3.32. The van der Waals surface area contributed by atoms with Gasteiger partial charge in [0.2, 0.25) is 0 Å². The lowest BCUT2D eigenvalue weighted by Crippen LogP contribution is -2.52. The number of ether oxygens (including phenoxy) is 1. The van der Waals surface area contributed by atoms with E-state index >= 15 is 0 Å². The molecule has 0 aliphatic heterocycles. The monoisotopic (exact) mass is 297 g/mol. The first-order valence-electron chi connectivity index (χ1n) is 8.79. The molecular weight excluding hydrogens is 266 g/mol. The minimum absolute atomic E-state index is 0.407. The molecule has 2 N–H and O–H groups in total. The van der Waals surface area contributed by atoms with Crippen LogP contribution in [0.25, 0.3) is 0 Å². The van der Waals surface area contributed by atoms with Crippen LogP contribution in [0.4, 0.5) is 0 Å². The zero-order valence-electron chi connectivity index (χ0n) is 13.4. The molecule has 0 aromatic carbocycles. The SMILES string of the molecule is CCC(CCCOC1CCCCCC1)(NC1CC1)C(=O)O. The molecule has 4 nitrogen and oxygen atoms in total. The van der Waals surface area contributed by atoms with Gasteiger partial charge >= 0.3 is 5.97 Å². The Kier molecular flexibility index (Phi) is 6.49.